The summed E-state index contributed by atoms with van der Waals surface area (Å²) in [6, 6.07) is 2.49. The Labute approximate surface area is 96.4 Å². The van der Waals surface area contributed by atoms with Gasteiger partial charge in [0.2, 0.25) is 5.91 Å². The molecule has 0 aromatic carbocycles. The zero-order chi connectivity index (χ0) is 11.6. The molecule has 0 aromatic rings. The summed E-state index contributed by atoms with van der Waals surface area (Å²) in [5, 5.41) is 8.58. The molecule has 2 rings (SSSR count). The Morgan fingerprint density at radius 3 is 2.62 bits per heavy atom. The van der Waals surface area contributed by atoms with Gasteiger partial charge in [0.25, 0.3) is 0 Å². The molecule has 0 unspecified atom stereocenters. The van der Waals surface area contributed by atoms with Crippen LogP contribution >= 0.6 is 0 Å². The van der Waals surface area contributed by atoms with E-state index in [4.69, 9.17) is 11.0 Å². The van der Waals surface area contributed by atoms with Crippen LogP contribution in [0.5, 0.6) is 0 Å². The first-order valence-electron chi connectivity index (χ1n) is 6.10. The van der Waals surface area contributed by atoms with Crippen LogP contribution in [0.4, 0.5) is 0 Å². The summed E-state index contributed by atoms with van der Waals surface area (Å²) in [7, 11) is 0. The molecule has 0 heterocycles. The molecular weight excluding hydrogens is 202 g/mol. The van der Waals surface area contributed by atoms with Crippen LogP contribution in [-0.4, -0.2) is 28.9 Å². The zero-order valence-electron chi connectivity index (χ0n) is 9.61. The molecule has 0 atom stereocenters. The highest BCUT2D eigenvalue weighted by Crippen LogP contribution is 2.34. The zero-order valence-corrected chi connectivity index (χ0v) is 9.61. The Bertz CT molecular complexity index is 313. The molecule has 0 spiro atoms. The van der Waals surface area contributed by atoms with Gasteiger partial charge in [-0.15, -0.1) is 0 Å². The molecule has 2 aliphatic rings. The molecule has 0 saturated heterocycles. The van der Waals surface area contributed by atoms with Crippen LogP contribution in [0.2, 0.25) is 0 Å². The van der Waals surface area contributed by atoms with Gasteiger partial charge in [0, 0.05) is 24.5 Å². The van der Waals surface area contributed by atoms with Crippen molar-refractivity contribution in [2.24, 2.45) is 5.73 Å². The van der Waals surface area contributed by atoms with Gasteiger partial charge < -0.3 is 10.6 Å². The van der Waals surface area contributed by atoms with Crippen molar-refractivity contribution in [1.82, 2.24) is 4.90 Å². The highest BCUT2D eigenvalue weighted by atomic mass is 16.2. The standard InChI is InChI=1S/C12H19N3O/c13-7-2-8-15(10-3-4-10)11(16)9-12(14)5-1-6-12/h10H,1-6,8-9,14H2. The quantitative estimate of drug-likeness (QED) is 0.757. The lowest BCUT2D eigenvalue weighted by Gasteiger charge is -2.39. The number of rotatable bonds is 5. The predicted octanol–water partition coefficient (Wildman–Crippen LogP) is 1.16. The second kappa shape index (κ2) is 4.42. The van der Waals surface area contributed by atoms with Crippen molar-refractivity contribution in [1.29, 1.82) is 5.26 Å². The Hall–Kier alpha value is -1.08. The molecule has 4 nitrogen and oxygen atoms in total. The number of nitrogens with zero attached hydrogens (tertiary/aromatic N) is 2. The molecule has 88 valence electrons. The maximum absolute atomic E-state index is 12.1. The third-order valence-electron chi connectivity index (χ3n) is 3.63. The van der Waals surface area contributed by atoms with E-state index in [1.165, 1.54) is 0 Å². The van der Waals surface area contributed by atoms with Gasteiger partial charge in [-0.25, -0.2) is 0 Å². The summed E-state index contributed by atoms with van der Waals surface area (Å²) in [5.41, 5.74) is 5.84. The average Bonchev–Trinajstić information content (AvgIpc) is 3.00. The minimum atomic E-state index is -0.239. The first-order valence-corrected chi connectivity index (χ1v) is 6.10. The first kappa shape index (κ1) is 11.4. The highest BCUT2D eigenvalue weighted by molar-refractivity contribution is 5.78. The van der Waals surface area contributed by atoms with Gasteiger partial charge in [-0.2, -0.15) is 5.26 Å². The topological polar surface area (TPSA) is 70.1 Å². The van der Waals surface area contributed by atoms with E-state index >= 15 is 0 Å². The first-order chi connectivity index (χ1) is 7.64. The van der Waals surface area contributed by atoms with Crippen molar-refractivity contribution < 1.29 is 4.79 Å². The number of nitriles is 1. The Morgan fingerprint density at radius 1 is 1.50 bits per heavy atom. The van der Waals surface area contributed by atoms with Crippen molar-refractivity contribution in [3.05, 3.63) is 0 Å². The predicted molar refractivity (Wildman–Crippen MR) is 60.4 cm³/mol. The molecule has 0 aromatic heterocycles. The number of carbonyl (C=O) groups excluding carboxylic acids is 1. The minimum Gasteiger partial charge on any atom is -0.339 e. The summed E-state index contributed by atoms with van der Waals surface area (Å²) < 4.78 is 0. The van der Waals surface area contributed by atoms with Crippen LogP contribution in [0, 0.1) is 11.3 Å². The molecule has 16 heavy (non-hydrogen) atoms. The van der Waals surface area contributed by atoms with Crippen molar-refractivity contribution in [2.75, 3.05) is 6.54 Å². The van der Waals surface area contributed by atoms with Crippen molar-refractivity contribution >= 4 is 5.91 Å². The second-order valence-electron chi connectivity index (χ2n) is 5.12. The van der Waals surface area contributed by atoms with E-state index in [1.807, 2.05) is 4.90 Å². The summed E-state index contributed by atoms with van der Waals surface area (Å²) in [4.78, 5) is 13.9. The molecule has 2 saturated carbocycles. The molecule has 0 bridgehead atoms. The summed E-state index contributed by atoms with van der Waals surface area (Å²) in [5.74, 6) is 0.153. The monoisotopic (exact) mass is 221 g/mol. The normalized spacial score (nSPS) is 22.0. The maximum atomic E-state index is 12.1. The SMILES string of the molecule is N#CCCN(C(=O)CC1(N)CCC1)C1CC1. The number of carbonyl (C=O) groups is 1. The number of amides is 1. The molecule has 4 heteroatoms. The van der Waals surface area contributed by atoms with E-state index in [9.17, 15) is 4.79 Å². The van der Waals surface area contributed by atoms with Crippen molar-refractivity contribution in [3.8, 4) is 6.07 Å². The number of hydrogen-bond acceptors (Lipinski definition) is 3. The largest absolute Gasteiger partial charge is 0.339 e. The van der Waals surface area contributed by atoms with Crippen LogP contribution in [0.25, 0.3) is 0 Å². The molecule has 2 fully saturated rings. The van der Waals surface area contributed by atoms with Crippen molar-refractivity contribution in [2.45, 2.75) is 56.5 Å². The lowest BCUT2D eigenvalue weighted by molar-refractivity contribution is -0.133. The Kier molecular flexibility index (Phi) is 3.15. The van der Waals surface area contributed by atoms with Crippen LogP contribution in [0.3, 0.4) is 0 Å². The van der Waals surface area contributed by atoms with Gasteiger partial charge in [-0.3, -0.25) is 4.79 Å². The van der Waals surface area contributed by atoms with E-state index in [1.54, 1.807) is 0 Å². The van der Waals surface area contributed by atoms with Crippen LogP contribution in [0.15, 0.2) is 0 Å². The molecule has 1 amide bonds. The summed E-state index contributed by atoms with van der Waals surface area (Å²) in [6.45, 7) is 0.579. The maximum Gasteiger partial charge on any atom is 0.224 e. The van der Waals surface area contributed by atoms with Gasteiger partial charge in [0.1, 0.15) is 0 Å². The van der Waals surface area contributed by atoms with E-state index in [-0.39, 0.29) is 11.4 Å². The van der Waals surface area contributed by atoms with E-state index in [0.29, 0.717) is 25.4 Å². The van der Waals surface area contributed by atoms with E-state index in [0.717, 1.165) is 32.1 Å². The molecule has 0 aliphatic heterocycles. The average molecular weight is 221 g/mol. The van der Waals surface area contributed by atoms with Gasteiger partial charge >= 0.3 is 0 Å². The molecule has 2 N–H and O–H groups in total. The third kappa shape index (κ3) is 2.53. The second-order valence-corrected chi connectivity index (χ2v) is 5.12. The number of hydrogen-bond donors (Lipinski definition) is 1. The van der Waals surface area contributed by atoms with Gasteiger partial charge in [-0.05, 0) is 32.1 Å². The van der Waals surface area contributed by atoms with E-state index in [2.05, 4.69) is 6.07 Å². The van der Waals surface area contributed by atoms with Crippen LogP contribution < -0.4 is 5.73 Å². The fourth-order valence-corrected chi connectivity index (χ4v) is 2.28. The summed E-state index contributed by atoms with van der Waals surface area (Å²) >= 11 is 0. The lowest BCUT2D eigenvalue weighted by Crippen LogP contribution is -2.51. The van der Waals surface area contributed by atoms with Crippen molar-refractivity contribution in [3.63, 3.8) is 0 Å². The molecule has 0 radical (unpaired) electrons. The highest BCUT2D eigenvalue weighted by Gasteiger charge is 2.39. The Morgan fingerprint density at radius 2 is 2.19 bits per heavy atom. The lowest BCUT2D eigenvalue weighted by atomic mass is 9.75. The molecular formula is C12H19N3O. The summed E-state index contributed by atoms with van der Waals surface area (Å²) in [6.07, 6.45) is 6.16. The Balaban J connectivity index is 1.86. The third-order valence-corrected chi connectivity index (χ3v) is 3.63. The van der Waals surface area contributed by atoms with Crippen LogP contribution in [-0.2, 0) is 4.79 Å². The van der Waals surface area contributed by atoms with Crippen LogP contribution in [0.1, 0.15) is 44.9 Å². The van der Waals surface area contributed by atoms with Gasteiger partial charge in [0.15, 0.2) is 0 Å². The fourth-order valence-electron chi connectivity index (χ4n) is 2.28. The minimum absolute atomic E-state index is 0.153. The van der Waals surface area contributed by atoms with Gasteiger partial charge in [-0.1, -0.05) is 0 Å². The molecule has 2 aliphatic carbocycles. The fraction of sp³-hybridized carbons (Fsp3) is 0.833. The van der Waals surface area contributed by atoms with Gasteiger partial charge in [0.05, 0.1) is 12.5 Å². The smallest absolute Gasteiger partial charge is 0.224 e. The van der Waals surface area contributed by atoms with E-state index < -0.39 is 0 Å². The number of nitrogens with two attached hydrogens (primary N) is 1.